The number of pyridine rings is 1. The summed E-state index contributed by atoms with van der Waals surface area (Å²) in [6.07, 6.45) is 7.04. The highest BCUT2D eigenvalue weighted by Gasteiger charge is 2.26. The molecule has 4 nitrogen and oxygen atoms in total. The summed E-state index contributed by atoms with van der Waals surface area (Å²) < 4.78 is 0. The largest absolute Gasteiger partial charge is 0.356 e. The quantitative estimate of drug-likeness (QED) is 0.575. The Kier molecular flexibility index (Phi) is 5.99. The molecular formula is C21H24N2O2S. The predicted molar refractivity (Wildman–Crippen MR) is 108 cm³/mol. The lowest BCUT2D eigenvalue weighted by molar-refractivity contribution is -0.118. The second-order valence-electron chi connectivity index (χ2n) is 6.55. The lowest BCUT2D eigenvalue weighted by Crippen LogP contribution is -2.20. The molecule has 1 amide bonds. The summed E-state index contributed by atoms with van der Waals surface area (Å²) >= 11 is 1.70. The number of amides is 1. The predicted octanol–water partition coefficient (Wildman–Crippen LogP) is 3.93. The monoisotopic (exact) mass is 368 g/mol. The first-order valence-corrected chi connectivity index (χ1v) is 10.1. The highest BCUT2D eigenvalue weighted by molar-refractivity contribution is 7.98. The molecular weight excluding hydrogens is 344 g/mol. The van der Waals surface area contributed by atoms with Crippen molar-refractivity contribution in [1.82, 2.24) is 10.3 Å². The van der Waals surface area contributed by atoms with Crippen molar-refractivity contribution in [2.24, 2.45) is 0 Å². The van der Waals surface area contributed by atoms with Gasteiger partial charge in [0.25, 0.3) is 5.56 Å². The molecule has 1 saturated carbocycles. The Labute approximate surface area is 158 Å². The van der Waals surface area contributed by atoms with Crippen molar-refractivity contribution < 1.29 is 4.79 Å². The van der Waals surface area contributed by atoms with Crippen LogP contribution in [0.1, 0.15) is 48.9 Å². The number of benzene rings is 1. The first kappa shape index (κ1) is 18.5. The van der Waals surface area contributed by atoms with E-state index >= 15 is 0 Å². The van der Waals surface area contributed by atoms with Crippen LogP contribution in [0.2, 0.25) is 0 Å². The summed E-state index contributed by atoms with van der Waals surface area (Å²) in [4.78, 5) is 27.8. The van der Waals surface area contributed by atoms with E-state index < -0.39 is 0 Å². The average molecular weight is 369 g/mol. The van der Waals surface area contributed by atoms with Crippen molar-refractivity contribution in [3.8, 4) is 0 Å². The molecule has 1 aromatic carbocycles. The zero-order chi connectivity index (χ0) is 18.5. The lowest BCUT2D eigenvalue weighted by Gasteiger charge is -2.11. The van der Waals surface area contributed by atoms with Crippen molar-refractivity contribution in [2.45, 2.75) is 37.0 Å². The lowest BCUT2D eigenvalue weighted by atomic mass is 10.00. The van der Waals surface area contributed by atoms with E-state index in [0.29, 0.717) is 18.9 Å². The van der Waals surface area contributed by atoms with Crippen LogP contribution in [-0.4, -0.2) is 23.7 Å². The molecule has 0 bridgehead atoms. The van der Waals surface area contributed by atoms with Gasteiger partial charge in [-0.3, -0.25) is 9.59 Å². The molecule has 0 aliphatic heterocycles. The highest BCUT2D eigenvalue weighted by Crippen LogP contribution is 2.38. The minimum Gasteiger partial charge on any atom is -0.356 e. The van der Waals surface area contributed by atoms with Crippen LogP contribution >= 0.6 is 11.8 Å². The van der Waals surface area contributed by atoms with Crippen molar-refractivity contribution in [2.75, 3.05) is 12.8 Å². The Morgan fingerprint density at radius 3 is 2.54 bits per heavy atom. The number of carbonyl (C=O) groups is 1. The maximum atomic E-state index is 12.4. The number of aromatic nitrogens is 1. The maximum absolute atomic E-state index is 12.4. The molecule has 5 heteroatoms. The molecule has 1 aliphatic carbocycles. The Bertz CT molecular complexity index is 864. The number of nitrogens with one attached hydrogen (secondary N) is 2. The van der Waals surface area contributed by atoms with Crippen molar-refractivity contribution in [1.29, 1.82) is 0 Å². The SMILES string of the molecule is CSc1ccc(/C(=C\CCNC(C)=O)c2ccc(C3CC3)c(=O)[nH]2)cc1. The molecule has 1 fully saturated rings. The van der Waals surface area contributed by atoms with Crippen LogP contribution in [0.25, 0.3) is 5.57 Å². The van der Waals surface area contributed by atoms with Gasteiger partial charge >= 0.3 is 0 Å². The third kappa shape index (κ3) is 4.67. The smallest absolute Gasteiger partial charge is 0.251 e. The van der Waals surface area contributed by atoms with Crippen LogP contribution in [0.15, 0.2) is 52.2 Å². The van der Waals surface area contributed by atoms with E-state index in [1.807, 2.05) is 18.4 Å². The molecule has 1 heterocycles. The number of rotatable bonds is 7. The van der Waals surface area contributed by atoms with Gasteiger partial charge in [0.2, 0.25) is 5.91 Å². The van der Waals surface area contributed by atoms with E-state index in [-0.39, 0.29) is 11.5 Å². The van der Waals surface area contributed by atoms with E-state index in [4.69, 9.17) is 0 Å². The fourth-order valence-corrected chi connectivity index (χ4v) is 3.38. The first-order valence-electron chi connectivity index (χ1n) is 8.91. The Hall–Kier alpha value is -2.27. The van der Waals surface area contributed by atoms with Gasteiger partial charge in [0, 0.05) is 35.2 Å². The fourth-order valence-electron chi connectivity index (χ4n) is 2.98. The van der Waals surface area contributed by atoms with Gasteiger partial charge in [-0.1, -0.05) is 24.3 Å². The van der Waals surface area contributed by atoms with Gasteiger partial charge in [-0.25, -0.2) is 0 Å². The van der Waals surface area contributed by atoms with Gasteiger partial charge in [0.05, 0.1) is 0 Å². The second kappa shape index (κ2) is 8.41. The van der Waals surface area contributed by atoms with Crippen molar-refractivity contribution in [3.63, 3.8) is 0 Å². The molecule has 0 spiro atoms. The van der Waals surface area contributed by atoms with Gasteiger partial charge in [0.1, 0.15) is 0 Å². The van der Waals surface area contributed by atoms with Gasteiger partial charge in [-0.15, -0.1) is 11.8 Å². The molecule has 0 radical (unpaired) electrons. The molecule has 1 aliphatic rings. The van der Waals surface area contributed by atoms with E-state index in [0.717, 1.165) is 35.2 Å². The summed E-state index contributed by atoms with van der Waals surface area (Å²) in [5, 5.41) is 2.81. The number of carbonyl (C=O) groups excluding carboxylic acids is 1. The van der Waals surface area contributed by atoms with Gasteiger partial charge in [-0.05, 0) is 55.2 Å². The highest BCUT2D eigenvalue weighted by atomic mass is 32.2. The van der Waals surface area contributed by atoms with Crippen LogP contribution in [0.4, 0.5) is 0 Å². The zero-order valence-electron chi connectivity index (χ0n) is 15.2. The maximum Gasteiger partial charge on any atom is 0.251 e. The molecule has 3 rings (SSSR count). The summed E-state index contributed by atoms with van der Waals surface area (Å²) in [7, 11) is 0. The topological polar surface area (TPSA) is 62.0 Å². The van der Waals surface area contributed by atoms with Crippen molar-refractivity contribution >= 4 is 23.2 Å². The van der Waals surface area contributed by atoms with Crippen LogP contribution in [0.3, 0.4) is 0 Å². The van der Waals surface area contributed by atoms with E-state index in [1.54, 1.807) is 11.8 Å². The fraction of sp³-hybridized carbons (Fsp3) is 0.333. The van der Waals surface area contributed by atoms with Gasteiger partial charge < -0.3 is 10.3 Å². The minimum absolute atomic E-state index is 0.0125. The number of hydrogen-bond donors (Lipinski definition) is 2. The Morgan fingerprint density at radius 2 is 1.96 bits per heavy atom. The Balaban J connectivity index is 1.90. The summed E-state index contributed by atoms with van der Waals surface area (Å²) in [6.45, 7) is 2.09. The number of aromatic amines is 1. The first-order chi connectivity index (χ1) is 12.6. The second-order valence-corrected chi connectivity index (χ2v) is 7.43. The summed E-state index contributed by atoms with van der Waals surface area (Å²) in [5.74, 6) is 0.396. The van der Waals surface area contributed by atoms with Gasteiger partial charge in [0.15, 0.2) is 0 Å². The minimum atomic E-state index is -0.0357. The van der Waals surface area contributed by atoms with E-state index in [9.17, 15) is 9.59 Å². The summed E-state index contributed by atoms with van der Waals surface area (Å²) in [6, 6.07) is 12.3. The van der Waals surface area contributed by atoms with Crippen LogP contribution in [0.5, 0.6) is 0 Å². The van der Waals surface area contributed by atoms with Gasteiger partial charge in [-0.2, -0.15) is 0 Å². The van der Waals surface area contributed by atoms with Crippen LogP contribution < -0.4 is 10.9 Å². The van der Waals surface area contributed by atoms with Crippen LogP contribution in [0, 0.1) is 0 Å². The third-order valence-electron chi connectivity index (χ3n) is 4.52. The molecule has 26 heavy (non-hydrogen) atoms. The summed E-state index contributed by atoms with van der Waals surface area (Å²) in [5.41, 5.74) is 3.77. The molecule has 0 saturated heterocycles. The van der Waals surface area contributed by atoms with E-state index in [2.05, 4.69) is 40.6 Å². The third-order valence-corrected chi connectivity index (χ3v) is 5.26. The normalized spacial score (nSPS) is 14.3. The zero-order valence-corrected chi connectivity index (χ0v) is 16.0. The molecule has 2 N–H and O–H groups in total. The molecule has 1 aromatic heterocycles. The Morgan fingerprint density at radius 1 is 1.23 bits per heavy atom. The molecule has 0 unspecified atom stereocenters. The number of H-pyrrole nitrogens is 1. The molecule has 136 valence electrons. The molecule has 2 aromatic rings. The number of hydrogen-bond acceptors (Lipinski definition) is 3. The average Bonchev–Trinajstić information content (AvgIpc) is 3.47. The standard InChI is InChI=1S/C21H24N2O2S/c1-14(24)22-13-3-4-18(15-7-9-17(26-2)10-8-15)20-12-11-19(16-5-6-16)21(25)23-20/h4,7-12,16H,3,5-6,13H2,1-2H3,(H,22,24)(H,23,25)/b18-4+. The van der Waals surface area contributed by atoms with Crippen LogP contribution in [-0.2, 0) is 4.79 Å². The molecule has 0 atom stereocenters. The van der Waals surface area contributed by atoms with Crippen molar-refractivity contribution in [3.05, 3.63) is 69.6 Å². The number of thioether (sulfide) groups is 1. The van der Waals surface area contributed by atoms with E-state index in [1.165, 1.54) is 11.8 Å².